The zero-order valence-electron chi connectivity index (χ0n) is 6.94. The zero-order valence-corrected chi connectivity index (χ0v) is 9.76. The summed E-state index contributed by atoms with van der Waals surface area (Å²) in [4.78, 5) is 0. The van der Waals surface area contributed by atoms with Crippen molar-refractivity contribution in [2.45, 2.75) is 20.0 Å². The van der Waals surface area contributed by atoms with E-state index in [1.165, 1.54) is 0 Å². The molecule has 0 amide bonds. The molecule has 0 aliphatic carbocycles. The van der Waals surface area contributed by atoms with Crippen LogP contribution >= 0.6 is 0 Å². The Morgan fingerprint density at radius 3 is 1.91 bits per heavy atom. The van der Waals surface area contributed by atoms with Crippen molar-refractivity contribution >= 4 is 10.1 Å². The summed E-state index contributed by atoms with van der Waals surface area (Å²) in [5.41, 5.74) is 0. The van der Waals surface area contributed by atoms with Gasteiger partial charge in [0.1, 0.15) is 0 Å². The number of hydrogen-bond acceptors (Lipinski definition) is 4. The Bertz CT molecular complexity index is 187. The van der Waals surface area contributed by atoms with Gasteiger partial charge in [-0.2, -0.15) is 0 Å². The van der Waals surface area contributed by atoms with E-state index in [9.17, 15) is 13.0 Å². The molecule has 0 aromatic rings. The molecule has 1 atom stereocenters. The monoisotopic (exact) mass is 190 g/mol. The molecule has 4 nitrogen and oxygen atoms in total. The van der Waals surface area contributed by atoms with Crippen LogP contribution in [0, 0.1) is 5.92 Å². The van der Waals surface area contributed by atoms with Gasteiger partial charge >= 0.3 is 29.6 Å². The summed E-state index contributed by atoms with van der Waals surface area (Å²) in [6.45, 7) is 3.30. The topological polar surface area (TPSA) is 77.4 Å². The molecule has 1 unspecified atom stereocenters. The normalized spacial score (nSPS) is 14.3. The van der Waals surface area contributed by atoms with Crippen LogP contribution in [0.25, 0.3) is 0 Å². The van der Waals surface area contributed by atoms with Gasteiger partial charge < -0.3 is 9.66 Å². The Balaban J connectivity index is 0. The van der Waals surface area contributed by atoms with Gasteiger partial charge in [-0.1, -0.05) is 13.8 Å². The first-order chi connectivity index (χ1) is 4.33. The molecule has 6 heteroatoms. The number of aliphatic hydroxyl groups excluding tert-OH is 1. The van der Waals surface area contributed by atoms with Crippen LogP contribution in [0.2, 0.25) is 0 Å². The van der Waals surface area contributed by atoms with Gasteiger partial charge in [0.05, 0.1) is 22.0 Å². The van der Waals surface area contributed by atoms with E-state index >= 15 is 0 Å². The Labute approximate surface area is 89.0 Å². The Kier molecular flexibility index (Phi) is 7.20. The van der Waals surface area contributed by atoms with Gasteiger partial charge in [0, 0.05) is 0 Å². The van der Waals surface area contributed by atoms with E-state index in [-0.39, 0.29) is 35.5 Å². The minimum absolute atomic E-state index is 0. The van der Waals surface area contributed by atoms with Crippen molar-refractivity contribution in [1.29, 1.82) is 0 Å². The molecule has 0 rings (SSSR count). The third-order valence-corrected chi connectivity index (χ3v) is 1.89. The van der Waals surface area contributed by atoms with Crippen molar-refractivity contribution in [2.75, 3.05) is 5.75 Å². The molecule has 11 heavy (non-hydrogen) atoms. The summed E-state index contributed by atoms with van der Waals surface area (Å²) in [6.07, 6.45) is -1.04. The molecule has 0 saturated heterocycles. The summed E-state index contributed by atoms with van der Waals surface area (Å²) in [7, 11) is -4.27. The minimum Gasteiger partial charge on any atom is -0.748 e. The maximum absolute atomic E-state index is 10.0. The molecule has 0 radical (unpaired) electrons. The van der Waals surface area contributed by atoms with Crippen LogP contribution in [0.1, 0.15) is 13.8 Å². The Morgan fingerprint density at radius 2 is 1.82 bits per heavy atom. The average molecular weight is 190 g/mol. The van der Waals surface area contributed by atoms with Gasteiger partial charge in [0.25, 0.3) is 0 Å². The van der Waals surface area contributed by atoms with Crippen LogP contribution in [0.15, 0.2) is 0 Å². The predicted octanol–water partition coefficient (Wildman–Crippen LogP) is -3.45. The summed E-state index contributed by atoms with van der Waals surface area (Å²) < 4.78 is 30.1. The van der Waals surface area contributed by atoms with Crippen molar-refractivity contribution in [2.24, 2.45) is 5.92 Å². The van der Waals surface area contributed by atoms with Gasteiger partial charge in [0.2, 0.25) is 0 Å². The Morgan fingerprint density at radius 1 is 1.45 bits per heavy atom. The van der Waals surface area contributed by atoms with E-state index in [0.717, 1.165) is 0 Å². The molecular weight excluding hydrogens is 179 g/mol. The van der Waals surface area contributed by atoms with Crippen molar-refractivity contribution in [3.8, 4) is 0 Å². The largest absolute Gasteiger partial charge is 1.00 e. The maximum atomic E-state index is 10.0. The van der Waals surface area contributed by atoms with Gasteiger partial charge in [-0.15, -0.1) is 0 Å². The zero-order chi connectivity index (χ0) is 8.36. The van der Waals surface area contributed by atoms with Crippen molar-refractivity contribution in [3.63, 3.8) is 0 Å². The van der Waals surface area contributed by atoms with E-state index < -0.39 is 22.0 Å². The molecule has 0 bridgehead atoms. The van der Waals surface area contributed by atoms with Crippen molar-refractivity contribution in [3.05, 3.63) is 0 Å². The molecule has 0 aromatic carbocycles. The maximum Gasteiger partial charge on any atom is 1.00 e. The summed E-state index contributed by atoms with van der Waals surface area (Å²) in [6, 6.07) is 0. The van der Waals surface area contributed by atoms with Crippen LogP contribution < -0.4 is 29.6 Å². The first-order valence-corrected chi connectivity index (χ1v) is 4.52. The molecule has 0 fully saturated rings. The quantitative estimate of drug-likeness (QED) is 0.371. The molecule has 0 spiro atoms. The summed E-state index contributed by atoms with van der Waals surface area (Å²) >= 11 is 0. The Hall–Kier alpha value is 0.870. The fourth-order valence-electron chi connectivity index (χ4n) is 0.402. The van der Waals surface area contributed by atoms with Crippen molar-refractivity contribution in [1.82, 2.24) is 0 Å². The van der Waals surface area contributed by atoms with E-state index in [0.29, 0.717) is 0 Å². The summed E-state index contributed by atoms with van der Waals surface area (Å²) in [5, 5.41) is 8.88. The van der Waals surface area contributed by atoms with Crippen LogP contribution in [0.3, 0.4) is 0 Å². The SMILES string of the molecule is CC(C)C(O)CS(=O)(=O)[O-].[Na+]. The van der Waals surface area contributed by atoms with Crippen molar-refractivity contribution < 1.29 is 47.6 Å². The molecule has 0 aliphatic heterocycles. The van der Waals surface area contributed by atoms with Gasteiger partial charge in [-0.3, -0.25) is 0 Å². The molecule has 0 aliphatic rings. The molecule has 0 saturated carbocycles. The van der Waals surface area contributed by atoms with Crippen LogP contribution in [-0.4, -0.2) is 29.9 Å². The fourth-order valence-corrected chi connectivity index (χ4v) is 1.20. The standard InChI is InChI=1S/C5H12O4S.Na/c1-4(2)5(6)3-10(7,8)9;/h4-6H,3H2,1-2H3,(H,7,8,9);/q;+1/p-1. The third-order valence-electron chi connectivity index (χ3n) is 1.14. The molecule has 1 N–H and O–H groups in total. The molecule has 62 valence electrons. The number of aliphatic hydroxyl groups is 1. The smallest absolute Gasteiger partial charge is 0.748 e. The first-order valence-electron chi connectivity index (χ1n) is 2.94. The number of rotatable bonds is 3. The van der Waals surface area contributed by atoms with E-state index in [2.05, 4.69) is 0 Å². The van der Waals surface area contributed by atoms with E-state index in [4.69, 9.17) is 5.11 Å². The van der Waals surface area contributed by atoms with Gasteiger partial charge in [0.15, 0.2) is 0 Å². The first kappa shape index (κ1) is 14.4. The minimum atomic E-state index is -4.27. The molecular formula is C5H11NaO4S. The third kappa shape index (κ3) is 8.78. The van der Waals surface area contributed by atoms with Gasteiger partial charge in [-0.05, 0) is 5.92 Å². The van der Waals surface area contributed by atoms with Gasteiger partial charge in [-0.25, -0.2) is 8.42 Å². The molecule has 0 heterocycles. The fraction of sp³-hybridized carbons (Fsp3) is 1.00. The second-order valence-corrected chi connectivity index (χ2v) is 3.98. The predicted molar refractivity (Wildman–Crippen MR) is 35.4 cm³/mol. The molecule has 0 aromatic heterocycles. The van der Waals surface area contributed by atoms with Crippen LogP contribution in [0.4, 0.5) is 0 Å². The average Bonchev–Trinajstić information content (AvgIpc) is 1.60. The van der Waals surface area contributed by atoms with E-state index in [1.54, 1.807) is 13.8 Å². The van der Waals surface area contributed by atoms with Crippen LogP contribution in [0.5, 0.6) is 0 Å². The van der Waals surface area contributed by atoms with Crippen LogP contribution in [-0.2, 0) is 10.1 Å². The number of hydrogen-bond donors (Lipinski definition) is 1. The second-order valence-electron chi connectivity index (χ2n) is 2.54. The second kappa shape index (κ2) is 5.50. The summed E-state index contributed by atoms with van der Waals surface area (Å²) in [5.74, 6) is -0.881. The van der Waals surface area contributed by atoms with E-state index in [1.807, 2.05) is 0 Å².